The van der Waals surface area contributed by atoms with Gasteiger partial charge in [0.05, 0.1) is 8.07 Å². The summed E-state index contributed by atoms with van der Waals surface area (Å²) in [7, 11) is -1.39. The van der Waals surface area contributed by atoms with Crippen molar-refractivity contribution in [3.8, 4) is 33.4 Å². The molecule has 278 valence electrons. The minimum atomic E-state index is -1.39. The number of anilines is 6. The number of nitrogens with zero attached hydrogens (tertiary/aromatic N) is 2. The molecule has 57 heavy (non-hydrogen) atoms. The number of hydrogen-bond donors (Lipinski definition) is 0. The van der Waals surface area contributed by atoms with Gasteiger partial charge in [-0.15, -0.1) is 0 Å². The first-order valence-corrected chi connectivity index (χ1v) is 23.5. The van der Waals surface area contributed by atoms with Gasteiger partial charge >= 0.3 is 0 Å². The summed E-state index contributed by atoms with van der Waals surface area (Å²) in [5.74, 6) is 0. The smallest absolute Gasteiger partial charge is 0.0775 e. The molecule has 0 heterocycles. The van der Waals surface area contributed by atoms with E-state index in [1.165, 1.54) is 55.4 Å². The average Bonchev–Trinajstić information content (AvgIpc) is 3.47. The van der Waals surface area contributed by atoms with Crippen LogP contribution in [0.5, 0.6) is 0 Å². The molecule has 0 saturated carbocycles. The highest BCUT2D eigenvalue weighted by molar-refractivity contribution is 6.88. The third kappa shape index (κ3) is 6.89. The fourth-order valence-electron chi connectivity index (χ4n) is 8.47. The Morgan fingerprint density at radius 3 is 1.16 bits per heavy atom. The van der Waals surface area contributed by atoms with E-state index in [9.17, 15) is 0 Å². The van der Waals surface area contributed by atoms with Crippen molar-refractivity contribution in [1.29, 1.82) is 0 Å². The van der Waals surface area contributed by atoms with Crippen molar-refractivity contribution in [2.45, 2.75) is 38.9 Å². The van der Waals surface area contributed by atoms with Gasteiger partial charge < -0.3 is 9.80 Å². The minimum absolute atomic E-state index is 0.0212. The second-order valence-corrected chi connectivity index (χ2v) is 21.8. The molecule has 2 nitrogen and oxygen atoms in total. The molecule has 0 bridgehead atoms. The molecular formula is C54H48N2Si. The van der Waals surface area contributed by atoms with Crippen LogP contribution < -0.4 is 15.0 Å². The Kier molecular flexibility index (Phi) is 9.27. The van der Waals surface area contributed by atoms with Gasteiger partial charge in [0.15, 0.2) is 0 Å². The number of hydrogen-bond acceptors (Lipinski definition) is 2. The summed E-state index contributed by atoms with van der Waals surface area (Å²) in [6.07, 6.45) is 0. The van der Waals surface area contributed by atoms with Crippen LogP contribution in [0.1, 0.15) is 25.0 Å². The second-order valence-electron chi connectivity index (χ2n) is 16.7. The van der Waals surface area contributed by atoms with E-state index in [0.29, 0.717) is 0 Å². The average molecular weight is 753 g/mol. The van der Waals surface area contributed by atoms with Crippen molar-refractivity contribution >= 4 is 47.4 Å². The maximum absolute atomic E-state index is 2.40. The van der Waals surface area contributed by atoms with Crippen LogP contribution in [-0.2, 0) is 5.41 Å². The summed E-state index contributed by atoms with van der Waals surface area (Å²) in [6, 6.07) is 73.2. The molecule has 0 unspecified atom stereocenters. The standard InChI is InChI=1S/C54H48N2Si/c1-54(2)52-19-13-12-18-50(52)51-38-48(34-37-53(51)54)56(44-16-10-7-11-17-44)46-30-26-42(27-31-46)40-22-20-39(21-23-40)41-24-28-45(29-25-41)55(43-14-8-6-9-15-43)47-32-35-49(36-33-47)57(3,4)5/h6-38H,1-5H3. The van der Waals surface area contributed by atoms with E-state index in [1.54, 1.807) is 0 Å². The lowest BCUT2D eigenvalue weighted by atomic mass is 9.82. The maximum Gasteiger partial charge on any atom is 0.0775 e. The van der Waals surface area contributed by atoms with Gasteiger partial charge in [0.25, 0.3) is 0 Å². The van der Waals surface area contributed by atoms with Gasteiger partial charge in [-0.3, -0.25) is 0 Å². The maximum atomic E-state index is 2.40. The molecule has 1 aliphatic carbocycles. The van der Waals surface area contributed by atoms with Crippen molar-refractivity contribution < 1.29 is 0 Å². The van der Waals surface area contributed by atoms with Gasteiger partial charge in [-0.25, -0.2) is 0 Å². The van der Waals surface area contributed by atoms with E-state index in [0.717, 1.165) is 28.4 Å². The monoisotopic (exact) mass is 752 g/mol. The van der Waals surface area contributed by atoms with Crippen molar-refractivity contribution in [1.82, 2.24) is 0 Å². The molecule has 0 aromatic heterocycles. The molecule has 1 aliphatic rings. The Bertz CT molecular complexity index is 2640. The molecule has 0 radical (unpaired) electrons. The van der Waals surface area contributed by atoms with Crippen LogP contribution in [0.25, 0.3) is 33.4 Å². The lowest BCUT2D eigenvalue weighted by Crippen LogP contribution is -2.37. The number of rotatable bonds is 9. The van der Waals surface area contributed by atoms with Gasteiger partial charge in [-0.05, 0) is 117 Å². The van der Waals surface area contributed by atoms with E-state index >= 15 is 0 Å². The van der Waals surface area contributed by atoms with Crippen LogP contribution >= 0.6 is 0 Å². The Hall–Kier alpha value is -6.42. The van der Waals surface area contributed by atoms with Gasteiger partial charge in [-0.1, -0.05) is 166 Å². The predicted molar refractivity (Wildman–Crippen MR) is 247 cm³/mol. The van der Waals surface area contributed by atoms with Crippen LogP contribution in [0.15, 0.2) is 200 Å². The van der Waals surface area contributed by atoms with Crippen LogP contribution in [0.2, 0.25) is 19.6 Å². The van der Waals surface area contributed by atoms with E-state index in [2.05, 4.69) is 243 Å². The van der Waals surface area contributed by atoms with Crippen molar-refractivity contribution in [2.24, 2.45) is 0 Å². The van der Waals surface area contributed by atoms with E-state index in [1.807, 2.05) is 0 Å². The number of fused-ring (bicyclic) bond motifs is 3. The molecule has 0 spiro atoms. The molecular weight excluding hydrogens is 705 g/mol. The lowest BCUT2D eigenvalue weighted by molar-refractivity contribution is 0.660. The Morgan fingerprint density at radius 1 is 0.333 bits per heavy atom. The van der Waals surface area contributed by atoms with Gasteiger partial charge in [-0.2, -0.15) is 0 Å². The summed E-state index contributed by atoms with van der Waals surface area (Å²) >= 11 is 0. The summed E-state index contributed by atoms with van der Waals surface area (Å²) in [5.41, 5.74) is 17.1. The second kappa shape index (κ2) is 14.6. The highest BCUT2D eigenvalue weighted by Crippen LogP contribution is 2.50. The summed E-state index contributed by atoms with van der Waals surface area (Å²) in [4.78, 5) is 4.71. The summed E-state index contributed by atoms with van der Waals surface area (Å²) < 4.78 is 0. The van der Waals surface area contributed by atoms with E-state index in [-0.39, 0.29) is 5.41 Å². The molecule has 8 aromatic rings. The van der Waals surface area contributed by atoms with Crippen LogP contribution in [0.4, 0.5) is 34.1 Å². The molecule has 0 fully saturated rings. The minimum Gasteiger partial charge on any atom is -0.311 e. The molecule has 0 atom stereocenters. The fourth-order valence-corrected chi connectivity index (χ4v) is 9.63. The normalized spacial score (nSPS) is 12.8. The van der Waals surface area contributed by atoms with E-state index in [4.69, 9.17) is 0 Å². The molecule has 0 amide bonds. The van der Waals surface area contributed by atoms with Crippen molar-refractivity contribution in [3.63, 3.8) is 0 Å². The fraction of sp³-hybridized carbons (Fsp3) is 0.111. The topological polar surface area (TPSA) is 6.48 Å². The zero-order valence-corrected chi connectivity index (χ0v) is 34.4. The first-order chi connectivity index (χ1) is 27.6. The zero-order valence-electron chi connectivity index (χ0n) is 33.4. The number of benzene rings is 8. The third-order valence-electron chi connectivity index (χ3n) is 11.6. The zero-order chi connectivity index (χ0) is 39.1. The van der Waals surface area contributed by atoms with Gasteiger partial charge in [0, 0.05) is 39.5 Å². The number of para-hydroxylation sites is 2. The van der Waals surface area contributed by atoms with Crippen LogP contribution in [0.3, 0.4) is 0 Å². The predicted octanol–water partition coefficient (Wildman–Crippen LogP) is 14.8. The summed E-state index contributed by atoms with van der Waals surface area (Å²) in [6.45, 7) is 11.9. The lowest BCUT2D eigenvalue weighted by Gasteiger charge is -2.27. The third-order valence-corrected chi connectivity index (χ3v) is 13.7. The van der Waals surface area contributed by atoms with Crippen LogP contribution in [0, 0.1) is 0 Å². The quantitative estimate of drug-likeness (QED) is 0.136. The Morgan fingerprint density at radius 2 is 0.684 bits per heavy atom. The molecule has 0 N–H and O–H groups in total. The highest BCUT2D eigenvalue weighted by Gasteiger charge is 2.35. The van der Waals surface area contributed by atoms with Gasteiger partial charge in [0.2, 0.25) is 0 Å². The van der Waals surface area contributed by atoms with E-state index < -0.39 is 8.07 Å². The molecule has 9 rings (SSSR count). The molecule has 0 saturated heterocycles. The first-order valence-electron chi connectivity index (χ1n) is 20.0. The Labute approximate surface area is 339 Å². The largest absolute Gasteiger partial charge is 0.311 e. The first kappa shape index (κ1) is 36.2. The van der Waals surface area contributed by atoms with Gasteiger partial charge in [0.1, 0.15) is 0 Å². The van der Waals surface area contributed by atoms with Crippen molar-refractivity contribution in [3.05, 3.63) is 211 Å². The molecule has 0 aliphatic heterocycles. The Balaban J connectivity index is 0.977. The van der Waals surface area contributed by atoms with Crippen LogP contribution in [-0.4, -0.2) is 8.07 Å². The summed E-state index contributed by atoms with van der Waals surface area (Å²) in [5, 5.41) is 1.47. The van der Waals surface area contributed by atoms with Crippen molar-refractivity contribution in [2.75, 3.05) is 9.80 Å². The molecule has 3 heteroatoms. The SMILES string of the molecule is CC1(C)c2ccccc2-c2cc(N(c3ccccc3)c3ccc(-c4ccc(-c5ccc(N(c6ccccc6)c6ccc([Si](C)(C)C)cc6)cc5)cc4)cc3)ccc21. The molecule has 8 aromatic carbocycles. The highest BCUT2D eigenvalue weighted by atomic mass is 28.3.